The lowest BCUT2D eigenvalue weighted by molar-refractivity contribution is -0.0132. The molecule has 2 nitrogen and oxygen atoms in total. The number of hydrogen-bond acceptors (Lipinski definition) is 2. The van der Waals surface area contributed by atoms with E-state index >= 15 is 0 Å². The van der Waals surface area contributed by atoms with Crippen molar-refractivity contribution in [3.8, 4) is 0 Å². The third-order valence-corrected chi connectivity index (χ3v) is 2.15. The van der Waals surface area contributed by atoms with Gasteiger partial charge in [-0.3, -0.25) is 0 Å². The molecule has 0 heterocycles. The molecular formula is C8H19NO. The van der Waals surface area contributed by atoms with E-state index in [0.29, 0.717) is 6.54 Å². The molecular weight excluding hydrogens is 126 g/mol. The summed E-state index contributed by atoms with van der Waals surface area (Å²) >= 11 is 0. The number of hydrogen-bond donors (Lipinski definition) is 1. The Morgan fingerprint density at radius 1 is 1.40 bits per heavy atom. The van der Waals surface area contributed by atoms with Crippen molar-refractivity contribution in [2.45, 2.75) is 38.7 Å². The zero-order valence-electron chi connectivity index (χ0n) is 7.31. The van der Waals surface area contributed by atoms with Gasteiger partial charge < -0.3 is 10.5 Å². The van der Waals surface area contributed by atoms with E-state index in [9.17, 15) is 0 Å². The van der Waals surface area contributed by atoms with Gasteiger partial charge >= 0.3 is 0 Å². The summed E-state index contributed by atoms with van der Waals surface area (Å²) in [5.74, 6) is 0. The van der Waals surface area contributed by atoms with Crippen LogP contribution in [0.2, 0.25) is 0 Å². The molecule has 1 atom stereocenters. The second-order valence-corrected chi connectivity index (χ2v) is 2.69. The van der Waals surface area contributed by atoms with E-state index in [1.54, 1.807) is 7.11 Å². The van der Waals surface area contributed by atoms with Crippen molar-refractivity contribution in [1.29, 1.82) is 0 Å². The normalized spacial score (nSPS) is 16.8. The molecule has 1 unspecified atom stereocenters. The van der Waals surface area contributed by atoms with E-state index in [1.807, 2.05) is 0 Å². The van der Waals surface area contributed by atoms with Crippen LogP contribution < -0.4 is 5.73 Å². The third-order valence-electron chi connectivity index (χ3n) is 2.15. The molecule has 0 radical (unpaired) electrons. The molecule has 2 N–H and O–H groups in total. The topological polar surface area (TPSA) is 35.2 Å². The lowest BCUT2D eigenvalue weighted by atomic mass is 9.95. The largest absolute Gasteiger partial charge is 0.377 e. The van der Waals surface area contributed by atoms with Crippen LogP contribution in [-0.2, 0) is 4.74 Å². The van der Waals surface area contributed by atoms with Crippen LogP contribution in [0.3, 0.4) is 0 Å². The Bertz CT molecular complexity index is 71.1. The summed E-state index contributed by atoms with van der Waals surface area (Å²) in [7, 11) is 1.74. The van der Waals surface area contributed by atoms with Crippen molar-refractivity contribution in [2.75, 3.05) is 13.7 Å². The van der Waals surface area contributed by atoms with E-state index in [1.165, 1.54) is 0 Å². The maximum Gasteiger partial charge on any atom is 0.0797 e. The first-order valence-electron chi connectivity index (χ1n) is 4.00. The fraction of sp³-hybridized carbons (Fsp3) is 1.00. The lowest BCUT2D eigenvalue weighted by Gasteiger charge is -2.29. The van der Waals surface area contributed by atoms with Crippen molar-refractivity contribution < 1.29 is 4.74 Å². The first-order chi connectivity index (χ1) is 4.74. The molecule has 0 spiro atoms. The van der Waals surface area contributed by atoms with E-state index in [4.69, 9.17) is 10.5 Å². The Labute approximate surface area is 63.7 Å². The highest BCUT2D eigenvalue weighted by Gasteiger charge is 2.23. The van der Waals surface area contributed by atoms with Crippen LogP contribution >= 0.6 is 0 Å². The Hall–Kier alpha value is -0.0800. The van der Waals surface area contributed by atoms with Gasteiger partial charge in [-0.05, 0) is 12.8 Å². The maximum atomic E-state index is 5.59. The highest BCUT2D eigenvalue weighted by molar-refractivity contribution is 4.78. The van der Waals surface area contributed by atoms with Crippen LogP contribution in [0, 0.1) is 0 Å². The van der Waals surface area contributed by atoms with Crippen molar-refractivity contribution in [3.63, 3.8) is 0 Å². The summed E-state index contributed by atoms with van der Waals surface area (Å²) in [5, 5.41) is 0. The number of rotatable bonds is 5. The van der Waals surface area contributed by atoms with Crippen molar-refractivity contribution in [1.82, 2.24) is 0 Å². The van der Waals surface area contributed by atoms with E-state index < -0.39 is 0 Å². The molecule has 0 fully saturated rings. The molecule has 0 rings (SSSR count). The first kappa shape index (κ1) is 9.92. The van der Waals surface area contributed by atoms with Crippen LogP contribution in [0.25, 0.3) is 0 Å². The number of methoxy groups -OCH3 is 1. The van der Waals surface area contributed by atoms with Gasteiger partial charge in [0, 0.05) is 13.7 Å². The average molecular weight is 145 g/mol. The number of nitrogens with two attached hydrogens (primary N) is 1. The minimum atomic E-state index is -0.0469. The maximum absolute atomic E-state index is 5.59. The highest BCUT2D eigenvalue weighted by Crippen LogP contribution is 2.19. The van der Waals surface area contributed by atoms with Crippen molar-refractivity contribution in [3.05, 3.63) is 0 Å². The van der Waals surface area contributed by atoms with Gasteiger partial charge in [-0.25, -0.2) is 0 Å². The molecule has 0 saturated carbocycles. The SMILES string of the molecule is CCCC(CC)(CN)OC. The van der Waals surface area contributed by atoms with Gasteiger partial charge in [0.1, 0.15) is 0 Å². The molecule has 0 aliphatic carbocycles. The van der Waals surface area contributed by atoms with Crippen LogP contribution in [0.1, 0.15) is 33.1 Å². The molecule has 0 bridgehead atoms. The average Bonchev–Trinajstić information content (AvgIpc) is 2.01. The van der Waals surface area contributed by atoms with E-state index in [0.717, 1.165) is 19.3 Å². The summed E-state index contributed by atoms with van der Waals surface area (Å²) in [6, 6.07) is 0. The minimum absolute atomic E-state index is 0.0469. The Balaban J connectivity index is 3.87. The second-order valence-electron chi connectivity index (χ2n) is 2.69. The minimum Gasteiger partial charge on any atom is -0.377 e. The van der Waals surface area contributed by atoms with Crippen molar-refractivity contribution >= 4 is 0 Å². The zero-order chi connectivity index (χ0) is 8.04. The van der Waals surface area contributed by atoms with Crippen LogP contribution in [0.4, 0.5) is 0 Å². The fourth-order valence-corrected chi connectivity index (χ4v) is 1.21. The summed E-state index contributed by atoms with van der Waals surface area (Å²) in [5.41, 5.74) is 5.54. The Kier molecular flexibility index (Phi) is 4.65. The van der Waals surface area contributed by atoms with Gasteiger partial charge in [-0.15, -0.1) is 0 Å². The molecule has 0 aromatic rings. The monoisotopic (exact) mass is 145 g/mol. The molecule has 0 aromatic heterocycles. The van der Waals surface area contributed by atoms with Gasteiger partial charge in [0.25, 0.3) is 0 Å². The van der Waals surface area contributed by atoms with Gasteiger partial charge in [-0.2, -0.15) is 0 Å². The number of ether oxygens (including phenoxy) is 1. The summed E-state index contributed by atoms with van der Waals surface area (Å²) in [6.07, 6.45) is 3.21. The van der Waals surface area contributed by atoms with Gasteiger partial charge in [0.15, 0.2) is 0 Å². The third kappa shape index (κ3) is 2.27. The zero-order valence-corrected chi connectivity index (χ0v) is 7.31. The fourth-order valence-electron chi connectivity index (χ4n) is 1.21. The van der Waals surface area contributed by atoms with E-state index in [-0.39, 0.29) is 5.60 Å². The van der Waals surface area contributed by atoms with Gasteiger partial charge in [0.05, 0.1) is 5.60 Å². The molecule has 0 aliphatic rings. The summed E-state index contributed by atoms with van der Waals surface area (Å²) < 4.78 is 5.35. The quantitative estimate of drug-likeness (QED) is 0.637. The predicted molar refractivity (Wildman–Crippen MR) is 44.0 cm³/mol. The standard InChI is InChI=1S/C8H19NO/c1-4-6-8(5-2,7-9)10-3/h4-7,9H2,1-3H3. The first-order valence-corrected chi connectivity index (χ1v) is 4.00. The highest BCUT2D eigenvalue weighted by atomic mass is 16.5. The van der Waals surface area contributed by atoms with Gasteiger partial charge in [-0.1, -0.05) is 20.3 Å². The Morgan fingerprint density at radius 2 is 2.00 bits per heavy atom. The van der Waals surface area contributed by atoms with Crippen LogP contribution in [0.5, 0.6) is 0 Å². The molecule has 0 aromatic carbocycles. The Morgan fingerprint density at radius 3 is 2.10 bits per heavy atom. The second kappa shape index (κ2) is 4.69. The molecule has 0 amide bonds. The molecule has 2 heteroatoms. The smallest absolute Gasteiger partial charge is 0.0797 e. The molecule has 0 aliphatic heterocycles. The van der Waals surface area contributed by atoms with Crippen molar-refractivity contribution in [2.24, 2.45) is 5.73 Å². The molecule has 62 valence electrons. The molecule has 0 saturated heterocycles. The summed E-state index contributed by atoms with van der Waals surface area (Å²) in [6.45, 7) is 4.90. The van der Waals surface area contributed by atoms with Gasteiger partial charge in [0.2, 0.25) is 0 Å². The summed E-state index contributed by atoms with van der Waals surface area (Å²) in [4.78, 5) is 0. The van der Waals surface area contributed by atoms with Crippen LogP contribution in [-0.4, -0.2) is 19.3 Å². The van der Waals surface area contributed by atoms with Crippen LogP contribution in [0.15, 0.2) is 0 Å². The van der Waals surface area contributed by atoms with E-state index in [2.05, 4.69) is 13.8 Å². The lowest BCUT2D eigenvalue weighted by Crippen LogP contribution is -2.38. The predicted octanol–water partition coefficient (Wildman–Crippen LogP) is 1.54. The molecule has 10 heavy (non-hydrogen) atoms.